The molecule has 1 heterocycles. The fourth-order valence-electron chi connectivity index (χ4n) is 2.80. The number of amides is 1. The Bertz CT molecular complexity index is 288. The Labute approximate surface area is 105 Å². The molecular weight excluding hydrogens is 212 g/mol. The minimum atomic E-state index is 0.265. The fraction of sp³-hybridized carbons (Fsp3) is 0.929. The Hall–Kier alpha value is -0.570. The minimum Gasteiger partial charge on any atom is -0.341 e. The summed E-state index contributed by atoms with van der Waals surface area (Å²) >= 11 is 0. The predicted molar refractivity (Wildman–Crippen MR) is 69.8 cm³/mol. The van der Waals surface area contributed by atoms with Crippen LogP contribution in [0.25, 0.3) is 0 Å². The summed E-state index contributed by atoms with van der Waals surface area (Å²) in [6.45, 7) is 9.55. The van der Waals surface area contributed by atoms with Crippen LogP contribution in [0.1, 0.15) is 46.5 Å². The Morgan fingerprint density at radius 1 is 1.47 bits per heavy atom. The van der Waals surface area contributed by atoms with E-state index in [-0.39, 0.29) is 5.41 Å². The second kappa shape index (κ2) is 4.97. The lowest BCUT2D eigenvalue weighted by atomic mass is 10.0. The van der Waals surface area contributed by atoms with Gasteiger partial charge in [0.15, 0.2) is 0 Å². The second-order valence-electron chi connectivity index (χ2n) is 6.32. The summed E-state index contributed by atoms with van der Waals surface area (Å²) in [6.07, 6.45) is 4.62. The van der Waals surface area contributed by atoms with Crippen molar-refractivity contribution in [3.8, 4) is 0 Å². The van der Waals surface area contributed by atoms with E-state index in [2.05, 4.69) is 31.0 Å². The van der Waals surface area contributed by atoms with Crippen molar-refractivity contribution in [3.63, 3.8) is 0 Å². The first-order chi connectivity index (χ1) is 8.04. The molecule has 3 nitrogen and oxygen atoms in total. The molecular formula is C14H26N2O. The molecule has 1 aliphatic carbocycles. The van der Waals surface area contributed by atoms with Gasteiger partial charge in [-0.25, -0.2) is 0 Å². The molecule has 2 atom stereocenters. The maximum Gasteiger partial charge on any atom is 0.226 e. The predicted octanol–water partition coefficient (Wildman–Crippen LogP) is 2.02. The normalized spacial score (nSPS) is 31.4. The molecule has 2 fully saturated rings. The maximum absolute atomic E-state index is 12.3. The molecule has 1 saturated heterocycles. The van der Waals surface area contributed by atoms with Gasteiger partial charge in [-0.15, -0.1) is 0 Å². The Morgan fingerprint density at radius 3 is 2.76 bits per heavy atom. The third-order valence-corrected chi connectivity index (χ3v) is 4.23. The number of likely N-dealkylation sites (tertiary alicyclic amines) is 1. The molecule has 0 radical (unpaired) electrons. The number of nitrogens with zero attached hydrogens (tertiary/aromatic N) is 1. The number of hydrogen-bond acceptors (Lipinski definition) is 2. The summed E-state index contributed by atoms with van der Waals surface area (Å²) in [5, 5.41) is 3.54. The molecule has 0 bridgehead atoms. The highest BCUT2D eigenvalue weighted by molar-refractivity contribution is 5.82. The zero-order valence-corrected chi connectivity index (χ0v) is 11.5. The molecule has 1 saturated carbocycles. The molecule has 17 heavy (non-hydrogen) atoms. The first-order valence-electron chi connectivity index (χ1n) is 7.07. The van der Waals surface area contributed by atoms with E-state index in [1.807, 2.05) is 0 Å². The highest BCUT2D eigenvalue weighted by Gasteiger charge is 2.52. The van der Waals surface area contributed by atoms with Crippen molar-refractivity contribution in [3.05, 3.63) is 0 Å². The first kappa shape index (κ1) is 12.9. The highest BCUT2D eigenvalue weighted by atomic mass is 16.2. The van der Waals surface area contributed by atoms with Gasteiger partial charge < -0.3 is 10.2 Å². The van der Waals surface area contributed by atoms with Gasteiger partial charge in [0.05, 0.1) is 0 Å². The van der Waals surface area contributed by atoms with Crippen molar-refractivity contribution in [2.75, 3.05) is 19.6 Å². The van der Waals surface area contributed by atoms with Crippen LogP contribution in [0.4, 0.5) is 0 Å². The summed E-state index contributed by atoms with van der Waals surface area (Å²) in [7, 11) is 0. The molecule has 0 spiro atoms. The summed E-state index contributed by atoms with van der Waals surface area (Å²) < 4.78 is 0. The lowest BCUT2D eigenvalue weighted by molar-refractivity contribution is -0.134. The summed E-state index contributed by atoms with van der Waals surface area (Å²) in [5.41, 5.74) is 0.265. The van der Waals surface area contributed by atoms with Gasteiger partial charge in [-0.1, -0.05) is 20.8 Å². The first-order valence-corrected chi connectivity index (χ1v) is 7.07. The third kappa shape index (κ3) is 3.01. The van der Waals surface area contributed by atoms with Gasteiger partial charge in [0.2, 0.25) is 5.91 Å². The van der Waals surface area contributed by atoms with E-state index in [0.717, 1.165) is 32.5 Å². The lowest BCUT2D eigenvalue weighted by Gasteiger charge is -2.33. The van der Waals surface area contributed by atoms with Crippen LogP contribution in [0.2, 0.25) is 0 Å². The average molecular weight is 238 g/mol. The van der Waals surface area contributed by atoms with Gasteiger partial charge in [0.25, 0.3) is 0 Å². The molecule has 0 aromatic carbocycles. The second-order valence-corrected chi connectivity index (χ2v) is 6.32. The van der Waals surface area contributed by atoms with E-state index in [4.69, 9.17) is 0 Å². The van der Waals surface area contributed by atoms with Gasteiger partial charge in [-0.05, 0) is 37.6 Å². The third-order valence-electron chi connectivity index (χ3n) is 4.23. The maximum atomic E-state index is 12.3. The SMILES string of the molecule is CCCNC1CCCN(C(=O)C2CC2(C)C)C1. The van der Waals surface area contributed by atoms with E-state index >= 15 is 0 Å². The van der Waals surface area contributed by atoms with Crippen molar-refractivity contribution >= 4 is 5.91 Å². The molecule has 0 aromatic rings. The molecule has 2 unspecified atom stereocenters. The number of nitrogens with one attached hydrogen (secondary N) is 1. The largest absolute Gasteiger partial charge is 0.341 e. The van der Waals surface area contributed by atoms with Gasteiger partial charge in [0, 0.05) is 25.0 Å². The smallest absolute Gasteiger partial charge is 0.226 e. The molecule has 1 N–H and O–H groups in total. The Kier molecular flexibility index (Phi) is 3.76. The van der Waals surface area contributed by atoms with E-state index in [1.165, 1.54) is 12.8 Å². The van der Waals surface area contributed by atoms with Crippen LogP contribution in [0.15, 0.2) is 0 Å². The zero-order chi connectivity index (χ0) is 12.5. The molecule has 3 heteroatoms. The van der Waals surface area contributed by atoms with Crippen LogP contribution in [0.5, 0.6) is 0 Å². The summed E-state index contributed by atoms with van der Waals surface area (Å²) in [4.78, 5) is 14.4. The van der Waals surface area contributed by atoms with E-state index in [9.17, 15) is 4.79 Å². The van der Waals surface area contributed by atoms with Gasteiger partial charge in [-0.3, -0.25) is 4.79 Å². The molecule has 1 aliphatic heterocycles. The molecule has 2 aliphatic rings. The van der Waals surface area contributed by atoms with Crippen molar-refractivity contribution in [1.29, 1.82) is 0 Å². The topological polar surface area (TPSA) is 32.3 Å². The van der Waals surface area contributed by atoms with Crippen LogP contribution in [0.3, 0.4) is 0 Å². The quantitative estimate of drug-likeness (QED) is 0.812. The highest BCUT2D eigenvalue weighted by Crippen LogP contribution is 2.52. The molecule has 1 amide bonds. The van der Waals surface area contributed by atoms with E-state index in [0.29, 0.717) is 17.9 Å². The van der Waals surface area contributed by atoms with Crippen molar-refractivity contribution in [2.24, 2.45) is 11.3 Å². The number of carbonyl (C=O) groups is 1. The van der Waals surface area contributed by atoms with Gasteiger partial charge in [0.1, 0.15) is 0 Å². The van der Waals surface area contributed by atoms with Crippen LogP contribution in [-0.4, -0.2) is 36.5 Å². The van der Waals surface area contributed by atoms with Crippen LogP contribution >= 0.6 is 0 Å². The van der Waals surface area contributed by atoms with Crippen LogP contribution in [0, 0.1) is 11.3 Å². The summed E-state index contributed by atoms with van der Waals surface area (Å²) in [5.74, 6) is 0.699. The lowest BCUT2D eigenvalue weighted by Crippen LogP contribution is -2.48. The summed E-state index contributed by atoms with van der Waals surface area (Å²) in [6, 6.07) is 0.523. The van der Waals surface area contributed by atoms with Crippen molar-refractivity contribution < 1.29 is 4.79 Å². The Balaban J connectivity index is 1.83. The van der Waals surface area contributed by atoms with Crippen LogP contribution < -0.4 is 5.32 Å². The molecule has 2 rings (SSSR count). The molecule has 98 valence electrons. The van der Waals surface area contributed by atoms with Crippen molar-refractivity contribution in [1.82, 2.24) is 10.2 Å². The van der Waals surface area contributed by atoms with Gasteiger partial charge in [-0.2, -0.15) is 0 Å². The monoisotopic (exact) mass is 238 g/mol. The van der Waals surface area contributed by atoms with E-state index < -0.39 is 0 Å². The van der Waals surface area contributed by atoms with Crippen LogP contribution in [-0.2, 0) is 4.79 Å². The van der Waals surface area contributed by atoms with Crippen molar-refractivity contribution in [2.45, 2.75) is 52.5 Å². The number of hydrogen-bond donors (Lipinski definition) is 1. The fourth-order valence-corrected chi connectivity index (χ4v) is 2.80. The Morgan fingerprint density at radius 2 is 2.18 bits per heavy atom. The zero-order valence-electron chi connectivity index (χ0n) is 11.5. The number of piperidine rings is 1. The standard InChI is InChI=1S/C14H26N2O/c1-4-7-15-11-6-5-8-16(10-11)13(17)12-9-14(12,2)3/h11-12,15H,4-10H2,1-3H3. The van der Waals surface area contributed by atoms with E-state index in [1.54, 1.807) is 0 Å². The molecule has 0 aromatic heterocycles. The number of carbonyl (C=O) groups excluding carboxylic acids is 1. The minimum absolute atomic E-state index is 0.265. The van der Waals surface area contributed by atoms with Gasteiger partial charge >= 0.3 is 0 Å². The number of rotatable bonds is 4. The average Bonchev–Trinajstić information content (AvgIpc) is 2.95.